The van der Waals surface area contributed by atoms with E-state index in [-0.39, 0.29) is 0 Å². The van der Waals surface area contributed by atoms with Gasteiger partial charge in [-0.25, -0.2) is 0 Å². The molecule has 0 amide bonds. The van der Waals surface area contributed by atoms with Crippen molar-refractivity contribution in [3.63, 3.8) is 0 Å². The van der Waals surface area contributed by atoms with Crippen molar-refractivity contribution in [2.24, 2.45) is 10.9 Å². The lowest BCUT2D eigenvalue weighted by Crippen LogP contribution is -2.44. The number of aliphatic imine (C=N–C) groups is 1. The first-order chi connectivity index (χ1) is 11.7. The lowest BCUT2D eigenvalue weighted by atomic mass is 9.87. The molecule has 0 bridgehead atoms. The van der Waals surface area contributed by atoms with Crippen LogP contribution in [0.25, 0.3) is 0 Å². The van der Waals surface area contributed by atoms with Crippen molar-refractivity contribution >= 4 is 5.96 Å². The highest BCUT2D eigenvalue weighted by Gasteiger charge is 2.18. The normalized spacial score (nSPS) is 27.7. The van der Waals surface area contributed by atoms with Gasteiger partial charge in [-0.3, -0.25) is 4.99 Å². The summed E-state index contributed by atoms with van der Waals surface area (Å²) in [6, 6.07) is 0.611. The summed E-state index contributed by atoms with van der Waals surface area (Å²) in [5.41, 5.74) is 0. The molecule has 1 saturated carbocycles. The zero-order valence-electron chi connectivity index (χ0n) is 16.2. The summed E-state index contributed by atoms with van der Waals surface area (Å²) in [6.07, 6.45) is 7.72. The third-order valence-electron chi connectivity index (χ3n) is 5.42. The monoisotopic (exact) mass is 337 g/mol. The molecule has 0 aromatic heterocycles. The Morgan fingerprint density at radius 2 is 1.88 bits per heavy atom. The first kappa shape index (κ1) is 19.5. The molecule has 0 atom stereocenters. The fraction of sp³-hybridized carbons (Fsp3) is 0.947. The third-order valence-corrected chi connectivity index (χ3v) is 5.42. The van der Waals surface area contributed by atoms with Gasteiger partial charge >= 0.3 is 0 Å². The van der Waals surface area contributed by atoms with Crippen molar-refractivity contribution in [3.8, 4) is 0 Å². The predicted molar refractivity (Wildman–Crippen MR) is 104 cm³/mol. The second-order valence-corrected chi connectivity index (χ2v) is 7.71. The van der Waals surface area contributed by atoms with E-state index in [9.17, 15) is 0 Å². The van der Waals surface area contributed by atoms with Crippen molar-refractivity contribution in [1.82, 2.24) is 20.4 Å². The highest BCUT2D eigenvalue weighted by atomic mass is 15.2. The molecule has 1 saturated heterocycles. The van der Waals surface area contributed by atoms with E-state index in [4.69, 9.17) is 4.99 Å². The molecule has 1 aliphatic carbocycles. The van der Waals surface area contributed by atoms with Crippen LogP contribution in [0.5, 0.6) is 0 Å². The van der Waals surface area contributed by atoms with E-state index in [0.717, 1.165) is 31.4 Å². The number of likely N-dealkylation sites (N-methyl/N-ethyl adjacent to an activating group) is 1. The van der Waals surface area contributed by atoms with Crippen LogP contribution in [-0.2, 0) is 0 Å². The molecule has 1 aliphatic heterocycles. The molecule has 2 rings (SSSR count). The number of guanidine groups is 1. The van der Waals surface area contributed by atoms with Gasteiger partial charge in [0.25, 0.3) is 0 Å². The predicted octanol–water partition coefficient (Wildman–Crippen LogP) is 2.15. The maximum Gasteiger partial charge on any atom is 0.191 e. The van der Waals surface area contributed by atoms with Gasteiger partial charge in [-0.05, 0) is 78.0 Å². The van der Waals surface area contributed by atoms with Gasteiger partial charge in [0.05, 0.1) is 0 Å². The SMILES string of the molecule is CCNC(=NCCCN1CCCN(C)CC1)NC1CCC(C)CC1. The third kappa shape index (κ3) is 7.39. The van der Waals surface area contributed by atoms with Crippen molar-refractivity contribution in [2.45, 2.75) is 58.4 Å². The summed E-state index contributed by atoms with van der Waals surface area (Å²) < 4.78 is 0. The first-order valence-electron chi connectivity index (χ1n) is 10.1. The molecule has 0 aromatic carbocycles. The molecule has 2 N–H and O–H groups in total. The van der Waals surface area contributed by atoms with Gasteiger partial charge in [0, 0.05) is 32.2 Å². The molecule has 24 heavy (non-hydrogen) atoms. The zero-order chi connectivity index (χ0) is 17.2. The Hall–Kier alpha value is -0.810. The first-order valence-corrected chi connectivity index (χ1v) is 10.1. The molecule has 0 spiro atoms. The largest absolute Gasteiger partial charge is 0.357 e. The summed E-state index contributed by atoms with van der Waals surface area (Å²) in [4.78, 5) is 9.85. The molecule has 0 unspecified atom stereocenters. The molecule has 0 radical (unpaired) electrons. The molecule has 5 nitrogen and oxygen atoms in total. The van der Waals surface area contributed by atoms with E-state index in [0.29, 0.717) is 6.04 Å². The van der Waals surface area contributed by atoms with Crippen LogP contribution >= 0.6 is 0 Å². The highest BCUT2D eigenvalue weighted by molar-refractivity contribution is 5.80. The standard InChI is InChI=1S/C19H39N5/c1-4-20-19(22-18-9-7-17(2)8-10-18)21-11-5-13-24-14-6-12-23(3)15-16-24/h17-18H,4-16H2,1-3H3,(H2,20,21,22). The van der Waals surface area contributed by atoms with Crippen LogP contribution in [0.1, 0.15) is 52.4 Å². The van der Waals surface area contributed by atoms with Crippen molar-refractivity contribution in [1.29, 1.82) is 0 Å². The topological polar surface area (TPSA) is 42.9 Å². The Kier molecular flexibility index (Phi) is 8.89. The number of rotatable bonds is 6. The molecule has 2 aliphatic rings. The minimum atomic E-state index is 0.611. The van der Waals surface area contributed by atoms with E-state index >= 15 is 0 Å². The number of hydrogen-bond donors (Lipinski definition) is 2. The van der Waals surface area contributed by atoms with Crippen molar-refractivity contribution < 1.29 is 0 Å². The summed E-state index contributed by atoms with van der Waals surface area (Å²) in [5, 5.41) is 7.06. The second-order valence-electron chi connectivity index (χ2n) is 7.71. The fourth-order valence-corrected chi connectivity index (χ4v) is 3.73. The fourth-order valence-electron chi connectivity index (χ4n) is 3.73. The summed E-state index contributed by atoms with van der Waals surface area (Å²) in [5.74, 6) is 1.92. The van der Waals surface area contributed by atoms with Gasteiger partial charge in [0.2, 0.25) is 0 Å². The Balaban J connectivity index is 1.68. The van der Waals surface area contributed by atoms with E-state index in [2.05, 4.69) is 41.3 Å². The van der Waals surface area contributed by atoms with Gasteiger partial charge in [0.15, 0.2) is 5.96 Å². The summed E-state index contributed by atoms with van der Waals surface area (Å²) in [6.45, 7) is 12.4. The van der Waals surface area contributed by atoms with Crippen molar-refractivity contribution in [2.75, 3.05) is 52.9 Å². The van der Waals surface area contributed by atoms with Gasteiger partial charge in [-0.15, -0.1) is 0 Å². The Bertz CT molecular complexity index is 363. The van der Waals surface area contributed by atoms with E-state index < -0.39 is 0 Å². The molecule has 5 heteroatoms. The smallest absolute Gasteiger partial charge is 0.191 e. The number of hydrogen-bond acceptors (Lipinski definition) is 3. The van der Waals surface area contributed by atoms with Crippen LogP contribution in [0.15, 0.2) is 4.99 Å². The van der Waals surface area contributed by atoms with Crippen molar-refractivity contribution in [3.05, 3.63) is 0 Å². The molecule has 140 valence electrons. The lowest BCUT2D eigenvalue weighted by Gasteiger charge is -2.28. The van der Waals surface area contributed by atoms with Gasteiger partial charge in [0.1, 0.15) is 0 Å². The van der Waals surface area contributed by atoms with Crippen LogP contribution in [0.2, 0.25) is 0 Å². The maximum atomic E-state index is 4.81. The van der Waals surface area contributed by atoms with Gasteiger partial charge in [-0.2, -0.15) is 0 Å². The van der Waals surface area contributed by atoms with Gasteiger partial charge in [-0.1, -0.05) is 6.92 Å². The Morgan fingerprint density at radius 1 is 1.08 bits per heavy atom. The average molecular weight is 338 g/mol. The summed E-state index contributed by atoms with van der Waals surface area (Å²) >= 11 is 0. The minimum Gasteiger partial charge on any atom is -0.357 e. The molecule has 1 heterocycles. The van der Waals surface area contributed by atoms with Crippen LogP contribution < -0.4 is 10.6 Å². The molecular weight excluding hydrogens is 298 g/mol. The van der Waals surface area contributed by atoms with E-state index in [1.54, 1.807) is 0 Å². The van der Waals surface area contributed by atoms with Crippen LogP contribution in [-0.4, -0.2) is 74.7 Å². The molecular formula is C19H39N5. The molecule has 0 aromatic rings. The van der Waals surface area contributed by atoms with Gasteiger partial charge < -0.3 is 20.4 Å². The minimum absolute atomic E-state index is 0.611. The number of nitrogens with one attached hydrogen (secondary N) is 2. The average Bonchev–Trinajstić information content (AvgIpc) is 2.78. The maximum absolute atomic E-state index is 4.81. The second kappa shape index (κ2) is 10.9. The van der Waals surface area contributed by atoms with Crippen LogP contribution in [0.4, 0.5) is 0 Å². The van der Waals surface area contributed by atoms with E-state index in [1.807, 2.05) is 0 Å². The Morgan fingerprint density at radius 3 is 2.62 bits per heavy atom. The molecule has 2 fully saturated rings. The highest BCUT2D eigenvalue weighted by Crippen LogP contribution is 2.23. The summed E-state index contributed by atoms with van der Waals surface area (Å²) in [7, 11) is 2.23. The van der Waals surface area contributed by atoms with Crippen LogP contribution in [0.3, 0.4) is 0 Å². The number of nitrogens with zero attached hydrogens (tertiary/aromatic N) is 3. The van der Waals surface area contributed by atoms with E-state index in [1.165, 1.54) is 64.8 Å². The quantitative estimate of drug-likeness (QED) is 0.443. The zero-order valence-corrected chi connectivity index (χ0v) is 16.2. The van der Waals surface area contributed by atoms with Crippen LogP contribution in [0, 0.1) is 5.92 Å². The lowest BCUT2D eigenvalue weighted by molar-refractivity contribution is 0.275. The Labute approximate surface area is 149 Å².